The molecule has 0 aromatic rings. The Balaban J connectivity index is 0.000000817. The van der Waals surface area contributed by atoms with Crippen LogP contribution in [0.15, 0.2) is 36.5 Å². The molecule has 1 heterocycles. The highest BCUT2D eigenvalue weighted by atomic mass is 16.5. The summed E-state index contributed by atoms with van der Waals surface area (Å²) in [5.41, 5.74) is 0.716. The maximum atomic E-state index is 12.2. The summed E-state index contributed by atoms with van der Waals surface area (Å²) in [5, 5.41) is 23.3. The van der Waals surface area contributed by atoms with Gasteiger partial charge in [-0.1, -0.05) is 65.0 Å². The minimum absolute atomic E-state index is 0.0441. The van der Waals surface area contributed by atoms with Crippen molar-refractivity contribution in [1.29, 1.82) is 0 Å². The van der Waals surface area contributed by atoms with Crippen LogP contribution in [-0.4, -0.2) is 102 Å². The van der Waals surface area contributed by atoms with E-state index >= 15 is 0 Å². The Bertz CT molecular complexity index is 874. The molecule has 1 rings (SSSR count). The number of likely N-dealkylation sites (tertiary alicyclic amines) is 1. The highest BCUT2D eigenvalue weighted by molar-refractivity contribution is 5.77. The summed E-state index contributed by atoms with van der Waals surface area (Å²) in [6.45, 7) is 16.4. The van der Waals surface area contributed by atoms with Crippen LogP contribution in [0, 0.1) is 11.8 Å². The van der Waals surface area contributed by atoms with E-state index in [1.165, 1.54) is 0 Å². The average Bonchev–Trinajstić information content (AvgIpc) is 3.38. The number of carbonyl (C=O) groups is 3. The zero-order valence-electron chi connectivity index (χ0n) is 27.6. The molecule has 6 unspecified atom stereocenters. The molecule has 0 spiro atoms. The Morgan fingerprint density at radius 1 is 1.19 bits per heavy atom. The van der Waals surface area contributed by atoms with E-state index in [1.807, 2.05) is 34.9 Å². The Morgan fingerprint density at radius 2 is 1.83 bits per heavy atom. The van der Waals surface area contributed by atoms with E-state index in [9.17, 15) is 24.6 Å². The van der Waals surface area contributed by atoms with Crippen LogP contribution >= 0.6 is 0 Å². The number of allylic oxidation sites excluding steroid dienone is 3. The molecule has 0 aliphatic carbocycles. The van der Waals surface area contributed by atoms with Crippen molar-refractivity contribution >= 4 is 18.1 Å². The first kappa shape index (κ1) is 39.7. The maximum Gasteiger partial charge on any atom is 0.222 e. The van der Waals surface area contributed by atoms with Crippen LogP contribution in [0.3, 0.4) is 0 Å². The van der Waals surface area contributed by atoms with Gasteiger partial charge in [0, 0.05) is 33.0 Å². The number of hydrogen-bond donors (Lipinski definition) is 3. The monoisotopic (exact) mass is 593 g/mol. The topological polar surface area (TPSA) is 119 Å². The third-order valence-corrected chi connectivity index (χ3v) is 8.04. The van der Waals surface area contributed by atoms with Crippen LogP contribution in [-0.2, 0) is 19.1 Å². The number of rotatable bonds is 17. The largest absolute Gasteiger partial charge is 0.391 e. The molecule has 1 fully saturated rings. The zero-order valence-corrected chi connectivity index (χ0v) is 27.6. The number of nitrogens with zero attached hydrogens (tertiary/aromatic N) is 2. The standard InChI is InChI=1S/C18H30N2O3.C15H29NO3/c1-5-7-9-14(6-2)18(23)13(3)19-17(22)12-16(21)15-10-8-11-20(15)4;1-7-12(4)15(13(19-6)8-9-17)16(5)14(18)10-11(2)3/h5-7,9,13,15-16,18,21,23H,1,8,10-12H2,2-4H3,(H,19,22);9,11-13,15H,7-8,10H2,1-6H3/b9-7-,14-6+;/t;12-,13?,15?/m.0/s1. The van der Waals surface area contributed by atoms with Crippen molar-refractivity contribution in [3.05, 3.63) is 36.5 Å². The average molecular weight is 594 g/mol. The van der Waals surface area contributed by atoms with Crippen LogP contribution in [0.2, 0.25) is 0 Å². The second kappa shape index (κ2) is 21.4. The number of likely N-dealkylation sites (N-methyl/N-ethyl adjacent to an activating group) is 2. The van der Waals surface area contributed by atoms with Gasteiger partial charge in [-0.15, -0.1) is 0 Å². The molecule has 0 bridgehead atoms. The van der Waals surface area contributed by atoms with Gasteiger partial charge < -0.3 is 34.9 Å². The van der Waals surface area contributed by atoms with Crippen molar-refractivity contribution in [1.82, 2.24) is 15.1 Å². The lowest BCUT2D eigenvalue weighted by atomic mass is 9.91. The first-order chi connectivity index (χ1) is 19.8. The minimum Gasteiger partial charge on any atom is -0.391 e. The molecule has 7 atom stereocenters. The van der Waals surface area contributed by atoms with Gasteiger partial charge in [-0.3, -0.25) is 9.59 Å². The molecule has 0 saturated carbocycles. The minimum atomic E-state index is -0.800. The van der Waals surface area contributed by atoms with Crippen LogP contribution in [0.4, 0.5) is 0 Å². The molecule has 9 heteroatoms. The Kier molecular flexibility index (Phi) is 20.2. The van der Waals surface area contributed by atoms with Gasteiger partial charge in [-0.05, 0) is 57.7 Å². The van der Waals surface area contributed by atoms with Gasteiger partial charge in [0.15, 0.2) is 0 Å². The summed E-state index contributed by atoms with van der Waals surface area (Å²) >= 11 is 0. The second-order valence-electron chi connectivity index (χ2n) is 11.8. The number of aldehydes is 1. The van der Waals surface area contributed by atoms with Gasteiger partial charge in [-0.25, -0.2) is 0 Å². The summed E-state index contributed by atoms with van der Waals surface area (Å²) < 4.78 is 5.43. The number of carbonyl (C=O) groups excluding carboxylic acids is 3. The third kappa shape index (κ3) is 13.8. The van der Waals surface area contributed by atoms with Crippen molar-refractivity contribution < 1.29 is 29.3 Å². The van der Waals surface area contributed by atoms with Gasteiger partial charge in [-0.2, -0.15) is 0 Å². The molecular formula is C33H59N3O6. The number of ether oxygens (including phenoxy) is 1. The molecule has 0 aromatic heterocycles. The lowest BCUT2D eigenvalue weighted by Gasteiger charge is -2.37. The van der Waals surface area contributed by atoms with E-state index in [2.05, 4.69) is 30.6 Å². The summed E-state index contributed by atoms with van der Waals surface area (Å²) in [6.07, 6.45) is 9.93. The number of nitrogens with one attached hydrogen (secondary N) is 1. The van der Waals surface area contributed by atoms with Crippen molar-refractivity contribution in [2.24, 2.45) is 11.8 Å². The number of hydrogen-bond acceptors (Lipinski definition) is 7. The van der Waals surface area contributed by atoms with E-state index in [4.69, 9.17) is 4.74 Å². The predicted octanol–water partition coefficient (Wildman–Crippen LogP) is 3.90. The SMILES string of the molecule is C=C/C=C\C(=C/C)C(O)C(C)NC(=O)CC(O)C1CCCN1C.CC[C@H](C)C(C(CC=O)OC)N(C)C(=O)CC(C)C. The molecule has 1 saturated heterocycles. The zero-order chi connectivity index (χ0) is 32.4. The van der Waals surface area contributed by atoms with Crippen molar-refractivity contribution in [2.75, 3.05) is 27.7 Å². The molecule has 0 radical (unpaired) electrons. The van der Waals surface area contributed by atoms with Crippen LogP contribution in [0.25, 0.3) is 0 Å². The fourth-order valence-corrected chi connectivity index (χ4v) is 5.34. The normalized spacial score (nSPS) is 20.2. The van der Waals surface area contributed by atoms with Gasteiger partial charge in [0.1, 0.15) is 6.29 Å². The third-order valence-electron chi connectivity index (χ3n) is 8.04. The lowest BCUT2D eigenvalue weighted by Crippen LogP contribution is -2.49. The van der Waals surface area contributed by atoms with E-state index in [1.54, 1.807) is 43.2 Å². The second-order valence-corrected chi connectivity index (χ2v) is 11.8. The van der Waals surface area contributed by atoms with Crippen LogP contribution < -0.4 is 5.32 Å². The van der Waals surface area contributed by atoms with Crippen molar-refractivity contribution in [3.63, 3.8) is 0 Å². The summed E-state index contributed by atoms with van der Waals surface area (Å²) in [6, 6.07) is -0.439. The molecule has 42 heavy (non-hydrogen) atoms. The van der Waals surface area contributed by atoms with E-state index in [0.29, 0.717) is 30.3 Å². The molecule has 0 aromatic carbocycles. The number of methoxy groups -OCH3 is 1. The Labute approximate surface area is 255 Å². The summed E-state index contributed by atoms with van der Waals surface area (Å²) in [7, 11) is 5.39. The number of aliphatic hydroxyl groups is 2. The number of aliphatic hydroxyl groups excluding tert-OH is 2. The molecular weight excluding hydrogens is 534 g/mol. The number of amides is 2. The first-order valence-electron chi connectivity index (χ1n) is 15.3. The quantitative estimate of drug-likeness (QED) is 0.173. The van der Waals surface area contributed by atoms with Gasteiger partial charge in [0.2, 0.25) is 11.8 Å². The highest BCUT2D eigenvalue weighted by Gasteiger charge is 2.32. The van der Waals surface area contributed by atoms with E-state index < -0.39 is 18.2 Å². The van der Waals surface area contributed by atoms with Gasteiger partial charge in [0.05, 0.1) is 36.8 Å². The first-order valence-corrected chi connectivity index (χ1v) is 15.3. The van der Waals surface area contributed by atoms with Gasteiger partial charge >= 0.3 is 0 Å². The van der Waals surface area contributed by atoms with Crippen LogP contribution in [0.1, 0.15) is 80.1 Å². The lowest BCUT2D eigenvalue weighted by molar-refractivity contribution is -0.138. The Morgan fingerprint density at radius 3 is 2.29 bits per heavy atom. The Hall–Kier alpha value is -2.33. The van der Waals surface area contributed by atoms with Crippen molar-refractivity contribution in [2.45, 2.75) is 117 Å². The molecule has 3 N–H and O–H groups in total. The van der Waals surface area contributed by atoms with Crippen molar-refractivity contribution in [3.8, 4) is 0 Å². The maximum absolute atomic E-state index is 12.2. The molecule has 1 aliphatic rings. The van der Waals surface area contributed by atoms with Gasteiger partial charge in [0.25, 0.3) is 0 Å². The fraction of sp³-hybridized carbons (Fsp3) is 0.727. The molecule has 1 aliphatic heterocycles. The molecule has 9 nitrogen and oxygen atoms in total. The summed E-state index contributed by atoms with van der Waals surface area (Å²) in [4.78, 5) is 39.0. The highest BCUT2D eigenvalue weighted by Crippen LogP contribution is 2.22. The fourth-order valence-electron chi connectivity index (χ4n) is 5.34. The van der Waals surface area contributed by atoms with E-state index in [0.717, 1.165) is 32.1 Å². The van der Waals surface area contributed by atoms with Crippen LogP contribution in [0.5, 0.6) is 0 Å². The van der Waals surface area contributed by atoms with E-state index in [-0.39, 0.29) is 36.4 Å². The summed E-state index contributed by atoms with van der Waals surface area (Å²) in [5.74, 6) is 0.506. The smallest absolute Gasteiger partial charge is 0.222 e. The molecule has 2 amide bonds. The predicted molar refractivity (Wildman–Crippen MR) is 170 cm³/mol. The molecule has 242 valence electrons.